The van der Waals surface area contributed by atoms with Gasteiger partial charge in [-0.1, -0.05) is 0 Å². The second-order valence-electron chi connectivity index (χ2n) is 6.47. The molecule has 0 saturated heterocycles. The van der Waals surface area contributed by atoms with Crippen LogP contribution in [0.15, 0.2) is 47.4 Å². The number of nitrogens with one attached hydrogen (secondary N) is 3. The molecule has 0 spiro atoms. The highest BCUT2D eigenvalue weighted by molar-refractivity contribution is 5.94. The number of carbonyl (C=O) groups excluding carboxylic acids is 1. The number of nitrogens with zero attached hydrogens (tertiary/aromatic N) is 2. The third kappa shape index (κ3) is 4.98. The largest absolute Gasteiger partial charge is 0.497 e. The molecule has 2 aromatic heterocycles. The fourth-order valence-corrected chi connectivity index (χ4v) is 2.63. The molecule has 8 heteroatoms. The highest BCUT2D eigenvalue weighted by Gasteiger charge is 2.07. The van der Waals surface area contributed by atoms with Crippen LogP contribution < -0.4 is 20.9 Å². The van der Waals surface area contributed by atoms with Crippen LogP contribution in [-0.2, 0) is 0 Å². The molecule has 1 amide bonds. The first-order chi connectivity index (χ1) is 14.0. The van der Waals surface area contributed by atoms with Crippen molar-refractivity contribution in [3.8, 4) is 17.1 Å². The maximum absolute atomic E-state index is 12.1. The molecular weight excluding hydrogens is 370 g/mol. The summed E-state index contributed by atoms with van der Waals surface area (Å²) >= 11 is 0. The maximum atomic E-state index is 12.1. The van der Waals surface area contributed by atoms with E-state index in [0.717, 1.165) is 5.56 Å². The first-order valence-electron chi connectivity index (χ1n) is 9.18. The number of pyridine rings is 1. The average molecular weight is 393 g/mol. The fourth-order valence-electron chi connectivity index (χ4n) is 2.63. The van der Waals surface area contributed by atoms with Crippen LogP contribution in [0, 0.1) is 13.8 Å². The van der Waals surface area contributed by atoms with Gasteiger partial charge in [-0.25, -0.2) is 9.97 Å². The predicted octanol–water partition coefficient (Wildman–Crippen LogP) is 2.30. The number of carbonyl (C=O) groups is 1. The molecule has 0 radical (unpaired) electrons. The van der Waals surface area contributed by atoms with Gasteiger partial charge >= 0.3 is 0 Å². The molecular formula is C21H23N5O3. The number of aromatic nitrogens is 3. The lowest BCUT2D eigenvalue weighted by atomic mass is 10.2. The first-order valence-corrected chi connectivity index (χ1v) is 9.18. The molecule has 3 N–H and O–H groups in total. The Kier molecular flexibility index (Phi) is 6.23. The van der Waals surface area contributed by atoms with Crippen LogP contribution >= 0.6 is 0 Å². The minimum atomic E-state index is -0.151. The van der Waals surface area contributed by atoms with E-state index in [9.17, 15) is 9.59 Å². The van der Waals surface area contributed by atoms with Gasteiger partial charge in [-0.05, 0) is 50.2 Å². The zero-order valence-corrected chi connectivity index (χ0v) is 16.6. The van der Waals surface area contributed by atoms with Crippen molar-refractivity contribution in [1.82, 2.24) is 20.3 Å². The summed E-state index contributed by atoms with van der Waals surface area (Å²) < 4.78 is 5.08. The predicted molar refractivity (Wildman–Crippen MR) is 111 cm³/mol. The molecule has 0 bridgehead atoms. The van der Waals surface area contributed by atoms with Crippen molar-refractivity contribution in [1.29, 1.82) is 0 Å². The Bertz CT molecular complexity index is 1040. The van der Waals surface area contributed by atoms with Gasteiger partial charge in [0.1, 0.15) is 17.4 Å². The second-order valence-corrected chi connectivity index (χ2v) is 6.47. The molecule has 29 heavy (non-hydrogen) atoms. The highest BCUT2D eigenvalue weighted by atomic mass is 16.5. The second kappa shape index (κ2) is 9.01. The summed E-state index contributed by atoms with van der Waals surface area (Å²) in [5, 5.41) is 5.98. The Morgan fingerprint density at radius 2 is 1.86 bits per heavy atom. The van der Waals surface area contributed by atoms with Gasteiger partial charge in [-0.15, -0.1) is 0 Å². The quantitative estimate of drug-likeness (QED) is 0.532. The minimum Gasteiger partial charge on any atom is -0.497 e. The van der Waals surface area contributed by atoms with Crippen molar-refractivity contribution < 1.29 is 9.53 Å². The van der Waals surface area contributed by atoms with Crippen molar-refractivity contribution in [2.45, 2.75) is 13.8 Å². The van der Waals surface area contributed by atoms with Gasteiger partial charge < -0.3 is 20.4 Å². The van der Waals surface area contributed by atoms with Crippen molar-refractivity contribution in [3.05, 3.63) is 69.8 Å². The molecule has 0 fully saturated rings. The maximum Gasteiger partial charge on any atom is 0.254 e. The third-order valence-electron chi connectivity index (χ3n) is 4.50. The van der Waals surface area contributed by atoms with E-state index >= 15 is 0 Å². The van der Waals surface area contributed by atoms with E-state index < -0.39 is 0 Å². The van der Waals surface area contributed by atoms with E-state index in [1.165, 1.54) is 0 Å². The van der Waals surface area contributed by atoms with Gasteiger partial charge in [-0.3, -0.25) is 9.59 Å². The summed E-state index contributed by atoms with van der Waals surface area (Å²) in [5.74, 6) is 1.71. The number of hydrogen-bond donors (Lipinski definition) is 3. The third-order valence-corrected chi connectivity index (χ3v) is 4.50. The lowest BCUT2D eigenvalue weighted by molar-refractivity contribution is 0.0955. The van der Waals surface area contributed by atoms with E-state index in [1.807, 2.05) is 6.07 Å². The number of methoxy groups -OCH3 is 1. The van der Waals surface area contributed by atoms with Crippen LogP contribution in [0.5, 0.6) is 5.75 Å². The Morgan fingerprint density at radius 1 is 1.10 bits per heavy atom. The van der Waals surface area contributed by atoms with Gasteiger partial charge in [0.2, 0.25) is 0 Å². The van der Waals surface area contributed by atoms with E-state index in [-0.39, 0.29) is 11.5 Å². The summed E-state index contributed by atoms with van der Waals surface area (Å²) in [6, 6.07) is 10.6. The molecule has 2 heterocycles. The zero-order valence-electron chi connectivity index (χ0n) is 16.6. The molecule has 3 aromatic rings. The zero-order chi connectivity index (χ0) is 20.8. The van der Waals surface area contributed by atoms with Gasteiger partial charge in [-0.2, -0.15) is 0 Å². The van der Waals surface area contributed by atoms with E-state index in [2.05, 4.69) is 25.6 Å². The number of H-pyrrole nitrogens is 1. The van der Waals surface area contributed by atoms with Gasteiger partial charge in [0.25, 0.3) is 11.5 Å². The molecule has 3 rings (SSSR count). The summed E-state index contributed by atoms with van der Waals surface area (Å²) in [7, 11) is 1.58. The number of aryl methyl sites for hydroxylation is 1. The Hall–Kier alpha value is -3.68. The van der Waals surface area contributed by atoms with E-state index in [4.69, 9.17) is 4.74 Å². The summed E-state index contributed by atoms with van der Waals surface area (Å²) in [5.41, 5.74) is 2.45. The van der Waals surface area contributed by atoms with Crippen LogP contribution in [-0.4, -0.2) is 41.1 Å². The number of benzene rings is 1. The van der Waals surface area contributed by atoms with Crippen molar-refractivity contribution in [3.63, 3.8) is 0 Å². The molecule has 8 nitrogen and oxygen atoms in total. The van der Waals surface area contributed by atoms with Crippen LogP contribution in [0.1, 0.15) is 21.6 Å². The summed E-state index contributed by atoms with van der Waals surface area (Å²) in [4.78, 5) is 35.5. The van der Waals surface area contributed by atoms with Crippen LogP contribution in [0.4, 0.5) is 5.82 Å². The highest BCUT2D eigenvalue weighted by Crippen LogP contribution is 2.15. The average Bonchev–Trinajstić information content (AvgIpc) is 2.75. The smallest absolute Gasteiger partial charge is 0.254 e. The molecule has 0 aliphatic carbocycles. The Labute approximate surface area is 168 Å². The van der Waals surface area contributed by atoms with Crippen molar-refractivity contribution in [2.24, 2.45) is 0 Å². The van der Waals surface area contributed by atoms with E-state index in [1.54, 1.807) is 57.5 Å². The molecule has 0 aliphatic rings. The summed E-state index contributed by atoms with van der Waals surface area (Å²) in [6.07, 6.45) is 1.64. The number of rotatable bonds is 7. The van der Waals surface area contributed by atoms with Gasteiger partial charge in [0.15, 0.2) is 0 Å². The van der Waals surface area contributed by atoms with Gasteiger partial charge in [0, 0.05) is 41.7 Å². The van der Waals surface area contributed by atoms with Gasteiger partial charge in [0.05, 0.1) is 7.11 Å². The molecule has 150 valence electrons. The molecule has 0 saturated carbocycles. The standard InChI is InChI=1S/C21H23N5O3/c1-13-14(2)25-19(26-20(13)27)16-6-9-18(24-12-16)22-10-11-23-21(28)15-4-7-17(29-3)8-5-15/h4-9,12H,10-11H2,1-3H3,(H,22,24)(H,23,28)(H,25,26,27). The number of hydrogen-bond acceptors (Lipinski definition) is 6. The molecule has 1 aromatic carbocycles. The molecule has 0 atom stereocenters. The summed E-state index contributed by atoms with van der Waals surface area (Å²) in [6.45, 7) is 4.51. The number of anilines is 1. The van der Waals surface area contributed by atoms with Crippen LogP contribution in [0.2, 0.25) is 0 Å². The fraction of sp³-hybridized carbons (Fsp3) is 0.238. The Balaban J connectivity index is 1.51. The first kappa shape index (κ1) is 20.1. The number of aromatic amines is 1. The molecule has 0 unspecified atom stereocenters. The number of ether oxygens (including phenoxy) is 1. The number of amides is 1. The van der Waals surface area contributed by atoms with Crippen LogP contribution in [0.25, 0.3) is 11.4 Å². The van der Waals surface area contributed by atoms with Crippen LogP contribution in [0.3, 0.4) is 0 Å². The monoisotopic (exact) mass is 393 g/mol. The minimum absolute atomic E-state index is 0.150. The lowest BCUT2D eigenvalue weighted by Gasteiger charge is -2.09. The lowest BCUT2D eigenvalue weighted by Crippen LogP contribution is -2.28. The molecule has 0 aliphatic heterocycles. The normalized spacial score (nSPS) is 10.4. The SMILES string of the molecule is COc1ccc(C(=O)NCCNc2ccc(-c3nc(C)c(C)c(=O)[nH]3)cn2)cc1. The van der Waals surface area contributed by atoms with E-state index in [0.29, 0.717) is 47.3 Å². The Morgan fingerprint density at radius 3 is 2.48 bits per heavy atom. The van der Waals surface area contributed by atoms with Crippen molar-refractivity contribution in [2.75, 3.05) is 25.5 Å². The van der Waals surface area contributed by atoms with Crippen molar-refractivity contribution >= 4 is 11.7 Å². The topological polar surface area (TPSA) is 109 Å².